The van der Waals surface area contributed by atoms with Crippen LogP contribution in [-0.4, -0.2) is 24.8 Å². The van der Waals surface area contributed by atoms with Crippen molar-refractivity contribution in [2.45, 2.75) is 20.3 Å². The van der Waals surface area contributed by atoms with Crippen LogP contribution in [0.15, 0.2) is 12.1 Å². The Balaban J connectivity index is 2.43. The molecule has 1 aliphatic rings. The van der Waals surface area contributed by atoms with E-state index in [4.69, 9.17) is 0 Å². The monoisotopic (exact) mass is 250 g/mol. The highest BCUT2D eigenvalue weighted by Gasteiger charge is 2.30. The van der Waals surface area contributed by atoms with Gasteiger partial charge in [0.1, 0.15) is 5.82 Å². The Morgan fingerprint density at radius 2 is 2.00 bits per heavy atom. The van der Waals surface area contributed by atoms with Crippen molar-refractivity contribution in [2.24, 2.45) is 0 Å². The largest absolute Gasteiger partial charge is 0.369 e. The zero-order valence-electron chi connectivity index (χ0n) is 10.4. The Hall–Kier alpha value is -1.91. The zero-order chi connectivity index (χ0) is 13.3. The first-order chi connectivity index (χ1) is 8.58. The fraction of sp³-hybridized carbons (Fsp3) is 0.385. The number of amides is 1. The molecule has 1 N–H and O–H groups in total. The van der Waals surface area contributed by atoms with Gasteiger partial charge >= 0.3 is 0 Å². The second kappa shape index (κ2) is 4.76. The van der Waals surface area contributed by atoms with Crippen LogP contribution in [0.3, 0.4) is 0 Å². The minimum atomic E-state index is -0.694. The number of carbonyl (C=O) groups excluding carboxylic acids is 2. The molecule has 2 rings (SSSR count). The lowest BCUT2D eigenvalue weighted by Crippen LogP contribution is -2.24. The third-order valence-corrected chi connectivity index (χ3v) is 3.00. The van der Waals surface area contributed by atoms with E-state index in [2.05, 4.69) is 5.32 Å². The van der Waals surface area contributed by atoms with Crippen molar-refractivity contribution in [3.8, 4) is 0 Å². The lowest BCUT2D eigenvalue weighted by molar-refractivity contribution is -0.112. The Kier molecular flexibility index (Phi) is 3.32. The van der Waals surface area contributed by atoms with Crippen LogP contribution in [0.2, 0.25) is 0 Å². The molecule has 0 atom stereocenters. The van der Waals surface area contributed by atoms with Gasteiger partial charge in [0.15, 0.2) is 0 Å². The number of hydrogen-bond acceptors (Lipinski definition) is 3. The average Bonchev–Trinajstić information content (AvgIpc) is 2.62. The van der Waals surface area contributed by atoms with Crippen molar-refractivity contribution < 1.29 is 14.0 Å². The SMILES string of the molecule is CCCN(CC)c1cc2c(cc1F)C(=O)C(=O)N2. The fourth-order valence-electron chi connectivity index (χ4n) is 2.12. The van der Waals surface area contributed by atoms with E-state index in [-0.39, 0.29) is 5.56 Å². The van der Waals surface area contributed by atoms with E-state index in [1.165, 1.54) is 6.07 Å². The number of Topliss-reactive ketones (excluding diaryl/α,β-unsaturated/α-hetero) is 1. The quantitative estimate of drug-likeness (QED) is 0.833. The summed E-state index contributed by atoms with van der Waals surface area (Å²) in [6.45, 7) is 5.35. The molecule has 5 heteroatoms. The first-order valence-electron chi connectivity index (χ1n) is 6.02. The van der Waals surface area contributed by atoms with Crippen LogP contribution in [0.1, 0.15) is 30.6 Å². The number of rotatable bonds is 4. The minimum Gasteiger partial charge on any atom is -0.369 e. The molecule has 1 aromatic carbocycles. The lowest BCUT2D eigenvalue weighted by atomic mass is 10.1. The molecule has 0 fully saturated rings. The van der Waals surface area contributed by atoms with Crippen LogP contribution in [0, 0.1) is 5.82 Å². The molecule has 0 radical (unpaired) electrons. The van der Waals surface area contributed by atoms with Gasteiger partial charge < -0.3 is 10.2 Å². The highest BCUT2D eigenvalue weighted by Crippen LogP contribution is 2.31. The summed E-state index contributed by atoms with van der Waals surface area (Å²) in [6, 6.07) is 2.68. The highest BCUT2D eigenvalue weighted by molar-refractivity contribution is 6.51. The number of ketones is 1. The van der Waals surface area contributed by atoms with Crippen molar-refractivity contribution >= 4 is 23.1 Å². The van der Waals surface area contributed by atoms with Crippen LogP contribution in [-0.2, 0) is 4.79 Å². The fourth-order valence-corrected chi connectivity index (χ4v) is 2.12. The van der Waals surface area contributed by atoms with Crippen LogP contribution in [0.4, 0.5) is 15.8 Å². The molecule has 96 valence electrons. The number of benzene rings is 1. The van der Waals surface area contributed by atoms with Gasteiger partial charge in [-0.05, 0) is 25.5 Å². The molecular weight excluding hydrogens is 235 g/mol. The van der Waals surface area contributed by atoms with Gasteiger partial charge in [0.05, 0.1) is 16.9 Å². The van der Waals surface area contributed by atoms with Gasteiger partial charge in [0.2, 0.25) is 0 Å². The Bertz CT molecular complexity index is 514. The molecule has 0 saturated heterocycles. The highest BCUT2D eigenvalue weighted by atomic mass is 19.1. The van der Waals surface area contributed by atoms with E-state index in [1.54, 1.807) is 0 Å². The van der Waals surface area contributed by atoms with Crippen molar-refractivity contribution in [3.63, 3.8) is 0 Å². The lowest BCUT2D eigenvalue weighted by Gasteiger charge is -2.23. The second-order valence-corrected chi connectivity index (χ2v) is 4.21. The summed E-state index contributed by atoms with van der Waals surface area (Å²) in [5.41, 5.74) is 0.942. The maximum atomic E-state index is 14.0. The van der Waals surface area contributed by atoms with Crippen LogP contribution in [0.25, 0.3) is 0 Å². The van der Waals surface area contributed by atoms with Crippen molar-refractivity contribution in [3.05, 3.63) is 23.5 Å². The summed E-state index contributed by atoms with van der Waals surface area (Å²) < 4.78 is 14.0. The van der Waals surface area contributed by atoms with Crippen molar-refractivity contribution in [1.82, 2.24) is 0 Å². The average molecular weight is 250 g/mol. The molecular formula is C13H15FN2O2. The van der Waals surface area contributed by atoms with Gasteiger partial charge in [0, 0.05) is 13.1 Å². The van der Waals surface area contributed by atoms with E-state index in [0.29, 0.717) is 17.9 Å². The van der Waals surface area contributed by atoms with E-state index >= 15 is 0 Å². The maximum absolute atomic E-state index is 14.0. The molecule has 1 aromatic rings. The van der Waals surface area contributed by atoms with Crippen LogP contribution < -0.4 is 10.2 Å². The Labute approximate surface area is 105 Å². The van der Waals surface area contributed by atoms with E-state index < -0.39 is 17.5 Å². The predicted octanol–water partition coefficient (Wildman–Crippen LogP) is 2.20. The third-order valence-electron chi connectivity index (χ3n) is 3.00. The molecule has 0 spiro atoms. The van der Waals surface area contributed by atoms with Crippen molar-refractivity contribution in [2.75, 3.05) is 23.3 Å². The first-order valence-corrected chi connectivity index (χ1v) is 6.02. The molecule has 0 aliphatic carbocycles. The van der Waals surface area contributed by atoms with Gasteiger partial charge in [-0.2, -0.15) is 0 Å². The smallest absolute Gasteiger partial charge is 0.296 e. The summed E-state index contributed by atoms with van der Waals surface area (Å²) >= 11 is 0. The summed E-state index contributed by atoms with van der Waals surface area (Å²) in [5.74, 6) is -1.83. The molecule has 1 aliphatic heterocycles. The van der Waals surface area contributed by atoms with Gasteiger partial charge in [-0.15, -0.1) is 0 Å². The molecule has 0 unspecified atom stereocenters. The number of nitrogens with one attached hydrogen (secondary N) is 1. The predicted molar refractivity (Wildman–Crippen MR) is 67.5 cm³/mol. The number of fused-ring (bicyclic) bond motifs is 1. The number of nitrogens with zero attached hydrogens (tertiary/aromatic N) is 1. The zero-order valence-corrected chi connectivity index (χ0v) is 10.4. The molecule has 0 bridgehead atoms. The number of hydrogen-bond donors (Lipinski definition) is 1. The Morgan fingerprint density at radius 1 is 1.28 bits per heavy atom. The van der Waals surface area contributed by atoms with Gasteiger partial charge in [-0.3, -0.25) is 9.59 Å². The van der Waals surface area contributed by atoms with Crippen LogP contribution >= 0.6 is 0 Å². The number of halogens is 1. The normalized spacial score (nSPS) is 13.5. The van der Waals surface area contributed by atoms with Crippen LogP contribution in [0.5, 0.6) is 0 Å². The summed E-state index contributed by atoms with van der Waals surface area (Å²) in [4.78, 5) is 24.5. The number of anilines is 2. The minimum absolute atomic E-state index is 0.119. The summed E-state index contributed by atoms with van der Waals surface area (Å²) in [5, 5.41) is 2.45. The number of carbonyl (C=O) groups is 2. The van der Waals surface area contributed by atoms with Gasteiger partial charge in [0.25, 0.3) is 11.7 Å². The van der Waals surface area contributed by atoms with Crippen molar-refractivity contribution in [1.29, 1.82) is 0 Å². The molecule has 0 saturated carbocycles. The van der Waals surface area contributed by atoms with E-state index in [0.717, 1.165) is 19.0 Å². The standard InChI is InChI=1S/C13H15FN2O2/c1-3-5-16(4-2)11-7-10-8(6-9(11)14)12(17)13(18)15-10/h6-7H,3-5H2,1-2H3,(H,15,17,18). The van der Waals surface area contributed by atoms with Gasteiger partial charge in [-0.25, -0.2) is 4.39 Å². The molecule has 18 heavy (non-hydrogen) atoms. The Morgan fingerprint density at radius 3 is 2.61 bits per heavy atom. The summed E-state index contributed by atoms with van der Waals surface area (Å²) in [7, 11) is 0. The summed E-state index contributed by atoms with van der Waals surface area (Å²) in [6.07, 6.45) is 0.898. The molecule has 0 aromatic heterocycles. The van der Waals surface area contributed by atoms with Gasteiger partial charge in [-0.1, -0.05) is 6.92 Å². The topological polar surface area (TPSA) is 49.4 Å². The maximum Gasteiger partial charge on any atom is 0.296 e. The van der Waals surface area contributed by atoms with E-state index in [1.807, 2.05) is 18.7 Å². The molecule has 4 nitrogen and oxygen atoms in total. The molecule has 1 amide bonds. The molecule has 1 heterocycles. The van der Waals surface area contributed by atoms with E-state index in [9.17, 15) is 14.0 Å². The second-order valence-electron chi connectivity index (χ2n) is 4.21. The first kappa shape index (κ1) is 12.5. The third kappa shape index (κ3) is 1.96.